The van der Waals surface area contributed by atoms with Gasteiger partial charge in [-0.05, 0) is 51.6 Å². The Kier molecular flexibility index (Phi) is 5.35. The van der Waals surface area contributed by atoms with Crippen molar-refractivity contribution < 1.29 is 9.84 Å². The molecule has 1 aromatic carbocycles. The van der Waals surface area contributed by atoms with Crippen molar-refractivity contribution in [1.29, 1.82) is 0 Å². The summed E-state index contributed by atoms with van der Waals surface area (Å²) >= 11 is 0. The van der Waals surface area contributed by atoms with Gasteiger partial charge in [-0.2, -0.15) is 0 Å². The molecule has 0 aromatic heterocycles. The van der Waals surface area contributed by atoms with Crippen molar-refractivity contribution in [3.8, 4) is 5.75 Å². The van der Waals surface area contributed by atoms with Crippen molar-refractivity contribution in [3.63, 3.8) is 0 Å². The molecule has 3 N–H and O–H groups in total. The summed E-state index contributed by atoms with van der Waals surface area (Å²) in [7, 11) is 5.62. The lowest BCUT2D eigenvalue weighted by molar-refractivity contribution is 0.178. The lowest BCUT2D eigenvalue weighted by Gasteiger charge is -2.32. The van der Waals surface area contributed by atoms with Gasteiger partial charge < -0.3 is 20.5 Å². The number of nitrogens with two attached hydrogens (primary N) is 1. The number of hydrogen-bond acceptors (Lipinski definition) is 4. The Morgan fingerprint density at radius 3 is 2.26 bits per heavy atom. The molecule has 2 atom stereocenters. The van der Waals surface area contributed by atoms with E-state index in [9.17, 15) is 5.11 Å². The molecular formula is C15H26N2O2. The van der Waals surface area contributed by atoms with Crippen LogP contribution in [0.15, 0.2) is 6.07 Å². The van der Waals surface area contributed by atoms with Crippen LogP contribution >= 0.6 is 0 Å². The highest BCUT2D eigenvalue weighted by molar-refractivity contribution is 5.51. The fourth-order valence-corrected chi connectivity index (χ4v) is 2.66. The highest BCUT2D eigenvalue weighted by atomic mass is 16.5. The van der Waals surface area contributed by atoms with E-state index in [1.807, 2.05) is 25.9 Å². The highest BCUT2D eigenvalue weighted by Crippen LogP contribution is 2.37. The molecule has 19 heavy (non-hydrogen) atoms. The molecule has 0 amide bonds. The normalized spacial score (nSPS) is 14.6. The average molecular weight is 266 g/mol. The molecule has 1 rings (SSSR count). The summed E-state index contributed by atoms with van der Waals surface area (Å²) in [5, 5.41) is 9.40. The summed E-state index contributed by atoms with van der Waals surface area (Å²) in [6.45, 7) is 6.13. The second-order valence-corrected chi connectivity index (χ2v) is 5.34. The fourth-order valence-electron chi connectivity index (χ4n) is 2.66. The Morgan fingerprint density at radius 1 is 1.26 bits per heavy atom. The third-order valence-corrected chi connectivity index (χ3v) is 3.71. The van der Waals surface area contributed by atoms with E-state index in [0.717, 1.165) is 22.4 Å². The summed E-state index contributed by atoms with van der Waals surface area (Å²) in [4.78, 5) is 2.03. The minimum atomic E-state index is -0.343. The second kappa shape index (κ2) is 6.37. The predicted molar refractivity (Wildman–Crippen MR) is 78.7 cm³/mol. The van der Waals surface area contributed by atoms with Crippen LogP contribution in [0, 0.1) is 20.8 Å². The maximum atomic E-state index is 9.40. The smallest absolute Gasteiger partial charge is 0.127 e. The number of methoxy groups -OCH3 is 1. The number of aliphatic hydroxyl groups excluding tert-OH is 1. The van der Waals surface area contributed by atoms with Gasteiger partial charge in [0.15, 0.2) is 0 Å². The number of hydrogen-bond donors (Lipinski definition) is 2. The molecule has 0 aliphatic rings. The van der Waals surface area contributed by atoms with E-state index in [1.54, 1.807) is 7.11 Å². The average Bonchev–Trinajstić information content (AvgIpc) is 2.35. The van der Waals surface area contributed by atoms with Gasteiger partial charge in [0.1, 0.15) is 5.75 Å². The number of ether oxygens (including phenoxy) is 1. The van der Waals surface area contributed by atoms with Crippen molar-refractivity contribution in [2.24, 2.45) is 5.73 Å². The van der Waals surface area contributed by atoms with Gasteiger partial charge in [0, 0.05) is 11.6 Å². The lowest BCUT2D eigenvalue weighted by atomic mass is 9.90. The molecule has 0 aliphatic carbocycles. The van der Waals surface area contributed by atoms with Crippen LogP contribution in [0.2, 0.25) is 0 Å². The van der Waals surface area contributed by atoms with Crippen molar-refractivity contribution >= 4 is 0 Å². The van der Waals surface area contributed by atoms with E-state index in [0.29, 0.717) is 0 Å². The van der Waals surface area contributed by atoms with E-state index < -0.39 is 0 Å². The van der Waals surface area contributed by atoms with Crippen LogP contribution in [0.4, 0.5) is 0 Å². The van der Waals surface area contributed by atoms with Gasteiger partial charge >= 0.3 is 0 Å². The topological polar surface area (TPSA) is 58.7 Å². The molecule has 0 saturated heterocycles. The van der Waals surface area contributed by atoms with Gasteiger partial charge in [-0.3, -0.25) is 0 Å². The summed E-state index contributed by atoms with van der Waals surface area (Å²) in [6, 6.07) is 1.73. The van der Waals surface area contributed by atoms with Crippen molar-refractivity contribution in [1.82, 2.24) is 4.90 Å². The van der Waals surface area contributed by atoms with Crippen LogP contribution < -0.4 is 10.5 Å². The maximum absolute atomic E-state index is 9.40. The first-order valence-electron chi connectivity index (χ1n) is 6.52. The quantitative estimate of drug-likeness (QED) is 0.849. The SMILES string of the molecule is COc1c(C)c(C)cc(C)c1C(C(N)CO)N(C)C. The molecule has 4 nitrogen and oxygen atoms in total. The second-order valence-electron chi connectivity index (χ2n) is 5.34. The van der Waals surface area contributed by atoms with E-state index >= 15 is 0 Å². The standard InChI is InChI=1S/C15H26N2O2/c1-9-7-10(2)13(15(19-6)11(9)3)14(17(4)5)12(16)8-18/h7,12,14,18H,8,16H2,1-6H3. The summed E-state index contributed by atoms with van der Waals surface area (Å²) in [5.74, 6) is 0.875. The van der Waals surface area contributed by atoms with Crippen LogP contribution in [0.1, 0.15) is 28.3 Å². The summed E-state index contributed by atoms with van der Waals surface area (Å²) in [6.07, 6.45) is 0. The summed E-state index contributed by atoms with van der Waals surface area (Å²) < 4.78 is 5.60. The van der Waals surface area contributed by atoms with Gasteiger partial charge in [-0.1, -0.05) is 6.07 Å². The Labute approximate surface area is 116 Å². The fraction of sp³-hybridized carbons (Fsp3) is 0.600. The van der Waals surface area contributed by atoms with Crippen LogP contribution in [0.5, 0.6) is 5.75 Å². The predicted octanol–water partition coefficient (Wildman–Crippen LogP) is 1.54. The van der Waals surface area contributed by atoms with Gasteiger partial charge in [-0.15, -0.1) is 0 Å². The third-order valence-electron chi connectivity index (χ3n) is 3.71. The molecule has 0 spiro atoms. The van der Waals surface area contributed by atoms with E-state index in [1.165, 1.54) is 5.56 Å². The van der Waals surface area contributed by atoms with Gasteiger partial charge in [0.05, 0.1) is 19.8 Å². The zero-order valence-corrected chi connectivity index (χ0v) is 12.8. The molecule has 108 valence electrons. The Balaban J connectivity index is 3.50. The number of aliphatic hydroxyl groups is 1. The van der Waals surface area contributed by atoms with E-state index in [2.05, 4.69) is 19.9 Å². The molecule has 0 bridgehead atoms. The molecule has 0 heterocycles. The first-order valence-corrected chi connectivity index (χ1v) is 6.52. The van der Waals surface area contributed by atoms with E-state index in [-0.39, 0.29) is 18.7 Å². The largest absolute Gasteiger partial charge is 0.496 e. The lowest BCUT2D eigenvalue weighted by Crippen LogP contribution is -2.40. The first kappa shape index (κ1) is 16.0. The molecule has 0 fully saturated rings. The van der Waals surface area contributed by atoms with Gasteiger partial charge in [-0.25, -0.2) is 0 Å². The molecular weight excluding hydrogens is 240 g/mol. The minimum absolute atomic E-state index is 0.0572. The van der Waals surface area contributed by atoms with Crippen molar-refractivity contribution in [3.05, 3.63) is 28.3 Å². The molecule has 4 heteroatoms. The maximum Gasteiger partial charge on any atom is 0.127 e. The van der Waals surface area contributed by atoms with Crippen LogP contribution in [0.3, 0.4) is 0 Å². The number of aryl methyl sites for hydroxylation is 2. The number of rotatable bonds is 5. The van der Waals surface area contributed by atoms with Crippen molar-refractivity contribution in [2.45, 2.75) is 32.9 Å². The minimum Gasteiger partial charge on any atom is -0.496 e. The third kappa shape index (κ3) is 3.08. The zero-order chi connectivity index (χ0) is 14.7. The monoisotopic (exact) mass is 266 g/mol. The van der Waals surface area contributed by atoms with Crippen molar-refractivity contribution in [2.75, 3.05) is 27.8 Å². The Morgan fingerprint density at radius 2 is 1.84 bits per heavy atom. The summed E-state index contributed by atoms with van der Waals surface area (Å²) in [5.41, 5.74) is 10.6. The van der Waals surface area contributed by atoms with Gasteiger partial charge in [0.25, 0.3) is 0 Å². The molecule has 1 aromatic rings. The molecule has 2 unspecified atom stereocenters. The molecule has 0 aliphatic heterocycles. The van der Waals surface area contributed by atoms with Crippen LogP contribution in [0.25, 0.3) is 0 Å². The zero-order valence-electron chi connectivity index (χ0n) is 12.8. The van der Waals surface area contributed by atoms with Gasteiger partial charge in [0.2, 0.25) is 0 Å². The Hall–Kier alpha value is -1.10. The first-order chi connectivity index (χ1) is 8.84. The number of benzene rings is 1. The molecule has 0 saturated carbocycles. The van der Waals surface area contributed by atoms with Crippen LogP contribution in [-0.2, 0) is 0 Å². The highest BCUT2D eigenvalue weighted by Gasteiger charge is 2.27. The van der Waals surface area contributed by atoms with E-state index in [4.69, 9.17) is 10.5 Å². The number of nitrogens with zero attached hydrogens (tertiary/aromatic N) is 1. The number of likely N-dealkylation sites (N-methyl/N-ethyl adjacent to an activating group) is 1. The van der Waals surface area contributed by atoms with Crippen LogP contribution in [-0.4, -0.2) is 43.9 Å². The molecule has 0 radical (unpaired) electrons. The Bertz CT molecular complexity index is 444.